The van der Waals surface area contributed by atoms with E-state index < -0.39 is 6.04 Å². The molecule has 2 amide bonds. The van der Waals surface area contributed by atoms with Gasteiger partial charge in [0, 0.05) is 23.3 Å². The van der Waals surface area contributed by atoms with Crippen molar-refractivity contribution in [2.24, 2.45) is 5.92 Å². The molecule has 2 aromatic rings. The summed E-state index contributed by atoms with van der Waals surface area (Å²) in [5.74, 6) is 0.766. The molecule has 6 heteroatoms. The Morgan fingerprint density at radius 1 is 1.03 bits per heavy atom. The summed E-state index contributed by atoms with van der Waals surface area (Å²) in [6.45, 7) is 6.08. The average molecular weight is 452 g/mol. The Kier molecular flexibility index (Phi) is 8.75. The van der Waals surface area contributed by atoms with E-state index in [1.54, 1.807) is 13.2 Å². The van der Waals surface area contributed by atoms with Gasteiger partial charge in [0.05, 0.1) is 7.11 Å². The molecular weight excluding hydrogens is 414 g/mol. The smallest absolute Gasteiger partial charge is 0.251 e. The number of nitrogens with one attached hydrogen (secondary N) is 3. The molecule has 0 aromatic heterocycles. The Labute approximate surface area is 197 Å². The van der Waals surface area contributed by atoms with Crippen LogP contribution in [0, 0.1) is 12.8 Å². The molecule has 0 aliphatic heterocycles. The zero-order chi connectivity index (χ0) is 23.8. The molecule has 1 aliphatic rings. The van der Waals surface area contributed by atoms with Crippen LogP contribution in [-0.2, 0) is 4.79 Å². The maximum absolute atomic E-state index is 13.3. The molecule has 0 unspecified atom stereocenters. The lowest BCUT2D eigenvalue weighted by molar-refractivity contribution is -0.124. The van der Waals surface area contributed by atoms with E-state index in [4.69, 9.17) is 4.74 Å². The van der Waals surface area contributed by atoms with Crippen molar-refractivity contribution in [3.05, 3.63) is 59.7 Å². The second-order valence-corrected chi connectivity index (χ2v) is 9.40. The van der Waals surface area contributed by atoms with Crippen LogP contribution in [0.2, 0.25) is 0 Å². The van der Waals surface area contributed by atoms with Crippen LogP contribution in [0.3, 0.4) is 0 Å². The summed E-state index contributed by atoms with van der Waals surface area (Å²) < 4.78 is 5.24. The summed E-state index contributed by atoms with van der Waals surface area (Å²) in [4.78, 5) is 26.1. The van der Waals surface area contributed by atoms with E-state index in [9.17, 15) is 9.59 Å². The first kappa shape index (κ1) is 24.6. The number of aryl methyl sites for hydroxylation is 1. The predicted octanol–water partition coefficient (Wildman–Crippen LogP) is 4.69. The first-order valence-electron chi connectivity index (χ1n) is 11.9. The van der Waals surface area contributed by atoms with Gasteiger partial charge in [0.2, 0.25) is 5.91 Å². The third-order valence-electron chi connectivity index (χ3n) is 6.14. The number of amides is 2. The maximum atomic E-state index is 13.3. The van der Waals surface area contributed by atoms with Crippen LogP contribution in [0.25, 0.3) is 0 Å². The number of hydrogen-bond acceptors (Lipinski definition) is 4. The second kappa shape index (κ2) is 11.7. The monoisotopic (exact) mass is 451 g/mol. The van der Waals surface area contributed by atoms with E-state index in [0.717, 1.165) is 42.7 Å². The van der Waals surface area contributed by atoms with Gasteiger partial charge in [0.1, 0.15) is 11.8 Å². The largest absolute Gasteiger partial charge is 0.497 e. The molecule has 3 atom stereocenters. The van der Waals surface area contributed by atoms with E-state index in [1.165, 1.54) is 0 Å². The Hall–Kier alpha value is -3.02. The Morgan fingerprint density at radius 3 is 2.36 bits per heavy atom. The van der Waals surface area contributed by atoms with Crippen molar-refractivity contribution in [1.82, 2.24) is 10.6 Å². The summed E-state index contributed by atoms with van der Waals surface area (Å²) in [7, 11) is 1.65. The second-order valence-electron chi connectivity index (χ2n) is 9.40. The number of anilines is 1. The van der Waals surface area contributed by atoms with Crippen LogP contribution in [0.4, 0.5) is 5.69 Å². The lowest BCUT2D eigenvalue weighted by Crippen LogP contribution is -2.55. The van der Waals surface area contributed by atoms with Gasteiger partial charge in [-0.2, -0.15) is 0 Å². The zero-order valence-electron chi connectivity index (χ0n) is 20.2. The summed E-state index contributed by atoms with van der Waals surface area (Å²) in [6.07, 6.45) is 4.70. The molecule has 0 spiro atoms. The van der Waals surface area contributed by atoms with Gasteiger partial charge in [0.25, 0.3) is 5.91 Å². The lowest BCUT2D eigenvalue weighted by atomic mass is 9.89. The van der Waals surface area contributed by atoms with Gasteiger partial charge in [-0.1, -0.05) is 44.4 Å². The molecule has 178 valence electrons. The highest BCUT2D eigenvalue weighted by Gasteiger charge is 2.30. The van der Waals surface area contributed by atoms with Gasteiger partial charge in [-0.15, -0.1) is 0 Å². The minimum atomic E-state index is -0.568. The van der Waals surface area contributed by atoms with Gasteiger partial charge < -0.3 is 20.7 Å². The Morgan fingerprint density at radius 2 is 1.73 bits per heavy atom. The molecule has 33 heavy (non-hydrogen) atoms. The molecule has 6 nitrogen and oxygen atoms in total. The normalized spacial score (nSPS) is 18.9. The summed E-state index contributed by atoms with van der Waals surface area (Å²) in [6, 6.07) is 14.9. The van der Waals surface area contributed by atoms with Crippen molar-refractivity contribution < 1.29 is 14.3 Å². The SMILES string of the molecule is COc1ccc(N[C@@H]2CCCC[C@H]2NC(=O)[C@H](CC(C)C)NC(=O)c2cccc(C)c2)cc1. The molecule has 1 saturated carbocycles. The summed E-state index contributed by atoms with van der Waals surface area (Å²) in [5, 5.41) is 9.80. The van der Waals surface area contributed by atoms with E-state index in [2.05, 4.69) is 29.8 Å². The van der Waals surface area contributed by atoms with Crippen LogP contribution in [-0.4, -0.2) is 37.0 Å². The first-order valence-corrected chi connectivity index (χ1v) is 11.9. The first-order chi connectivity index (χ1) is 15.9. The van der Waals surface area contributed by atoms with Crippen LogP contribution >= 0.6 is 0 Å². The fourth-order valence-electron chi connectivity index (χ4n) is 4.39. The fraction of sp³-hybridized carbons (Fsp3) is 0.481. The van der Waals surface area contributed by atoms with Crippen molar-refractivity contribution in [2.75, 3.05) is 12.4 Å². The molecule has 2 aromatic carbocycles. The lowest BCUT2D eigenvalue weighted by Gasteiger charge is -2.34. The minimum Gasteiger partial charge on any atom is -0.497 e. The van der Waals surface area contributed by atoms with E-state index in [-0.39, 0.29) is 29.8 Å². The van der Waals surface area contributed by atoms with Crippen LogP contribution in [0.1, 0.15) is 61.9 Å². The van der Waals surface area contributed by atoms with Gasteiger partial charge in [-0.05, 0) is 68.5 Å². The number of hydrogen-bond donors (Lipinski definition) is 3. The number of carbonyl (C=O) groups is 2. The molecule has 3 rings (SSSR count). The summed E-state index contributed by atoms with van der Waals surface area (Å²) in [5.41, 5.74) is 2.60. The summed E-state index contributed by atoms with van der Waals surface area (Å²) >= 11 is 0. The Balaban J connectivity index is 1.67. The molecule has 0 heterocycles. The third kappa shape index (κ3) is 7.24. The van der Waals surface area contributed by atoms with Crippen LogP contribution < -0.4 is 20.7 Å². The third-order valence-corrected chi connectivity index (χ3v) is 6.14. The van der Waals surface area contributed by atoms with E-state index in [1.807, 2.05) is 49.4 Å². The van der Waals surface area contributed by atoms with Crippen LogP contribution in [0.5, 0.6) is 5.75 Å². The topological polar surface area (TPSA) is 79.5 Å². The standard InChI is InChI=1S/C27H37N3O3/c1-18(2)16-25(30-26(31)20-9-7-8-19(3)17-20)27(32)29-24-11-6-5-10-23(24)28-21-12-14-22(33-4)15-13-21/h7-9,12-15,17-18,23-25,28H,5-6,10-11,16H2,1-4H3,(H,29,32)(H,30,31)/t23-,24-,25+/m1/s1. The van der Waals surface area contributed by atoms with E-state index in [0.29, 0.717) is 12.0 Å². The zero-order valence-corrected chi connectivity index (χ0v) is 20.2. The molecule has 1 fully saturated rings. The fourth-order valence-corrected chi connectivity index (χ4v) is 4.39. The Bertz CT molecular complexity index is 926. The van der Waals surface area contributed by atoms with Gasteiger partial charge in [-0.25, -0.2) is 0 Å². The highest BCUT2D eigenvalue weighted by atomic mass is 16.5. The minimum absolute atomic E-state index is 0.0129. The van der Waals surface area contributed by atoms with Gasteiger partial charge in [0.15, 0.2) is 0 Å². The van der Waals surface area contributed by atoms with Crippen molar-refractivity contribution in [1.29, 1.82) is 0 Å². The van der Waals surface area contributed by atoms with Crippen molar-refractivity contribution in [3.8, 4) is 5.75 Å². The molecule has 0 saturated heterocycles. The number of rotatable bonds is 9. The quantitative estimate of drug-likeness (QED) is 0.517. The maximum Gasteiger partial charge on any atom is 0.251 e. The highest BCUT2D eigenvalue weighted by molar-refractivity contribution is 5.97. The molecule has 1 aliphatic carbocycles. The predicted molar refractivity (Wildman–Crippen MR) is 133 cm³/mol. The van der Waals surface area contributed by atoms with Crippen molar-refractivity contribution >= 4 is 17.5 Å². The number of methoxy groups -OCH3 is 1. The molecule has 0 radical (unpaired) electrons. The van der Waals surface area contributed by atoms with Crippen LogP contribution in [0.15, 0.2) is 48.5 Å². The van der Waals surface area contributed by atoms with E-state index >= 15 is 0 Å². The van der Waals surface area contributed by atoms with Gasteiger partial charge in [-0.3, -0.25) is 9.59 Å². The number of carbonyl (C=O) groups excluding carboxylic acids is 2. The van der Waals surface area contributed by atoms with Gasteiger partial charge >= 0.3 is 0 Å². The van der Waals surface area contributed by atoms with Crippen molar-refractivity contribution in [3.63, 3.8) is 0 Å². The average Bonchev–Trinajstić information content (AvgIpc) is 2.80. The molecule has 0 bridgehead atoms. The highest BCUT2D eigenvalue weighted by Crippen LogP contribution is 2.24. The molecule has 3 N–H and O–H groups in total. The number of ether oxygens (including phenoxy) is 1. The van der Waals surface area contributed by atoms with Crippen molar-refractivity contribution in [2.45, 2.75) is 71.0 Å². The number of benzene rings is 2. The molecular formula is C27H37N3O3.